The number of hydrogen-bond acceptors (Lipinski definition) is 3. The number of carbonyl (C=O) groups excluding carboxylic acids is 1. The minimum atomic E-state index is -4.64. The highest BCUT2D eigenvalue weighted by atomic mass is 19.4. The van der Waals surface area contributed by atoms with E-state index in [-0.39, 0.29) is 28.8 Å². The molecule has 1 heterocycles. The maximum atomic E-state index is 13.7. The number of carbonyl (C=O) groups is 1. The molecule has 8 heteroatoms. The van der Waals surface area contributed by atoms with Gasteiger partial charge in [-0.15, -0.1) is 0 Å². The van der Waals surface area contributed by atoms with E-state index in [1.807, 2.05) is 0 Å². The number of aromatic nitrogens is 1. The Bertz CT molecular complexity index is 1410. The second-order valence-electron chi connectivity index (χ2n) is 7.57. The zero-order chi connectivity index (χ0) is 23.8. The molecule has 0 aliphatic carbocycles. The van der Waals surface area contributed by atoms with Gasteiger partial charge in [-0.1, -0.05) is 42.5 Å². The van der Waals surface area contributed by atoms with Crippen LogP contribution in [-0.2, 0) is 19.8 Å². The molecular weight excluding hydrogens is 433 g/mol. The maximum Gasteiger partial charge on any atom is 0.417 e. The van der Waals surface area contributed by atoms with E-state index < -0.39 is 23.1 Å². The van der Waals surface area contributed by atoms with Gasteiger partial charge in [0.25, 0.3) is 5.91 Å². The fraction of sp³-hybridized carbons (Fsp3) is 0.120. The number of halogens is 3. The third-order valence-electron chi connectivity index (χ3n) is 5.35. The minimum Gasteiger partial charge on any atom is -0.392 e. The summed E-state index contributed by atoms with van der Waals surface area (Å²) in [5, 5.41) is 12.0. The number of benzene rings is 3. The van der Waals surface area contributed by atoms with Crippen molar-refractivity contribution >= 4 is 22.5 Å². The van der Waals surface area contributed by atoms with Crippen LogP contribution in [0.2, 0.25) is 0 Å². The van der Waals surface area contributed by atoms with Gasteiger partial charge in [0.2, 0.25) is 5.43 Å². The number of fused-ring (bicyclic) bond motifs is 1. The standard InChI is InChI=1S/C25H19F3N2O3/c1-30-13-20(23(32)19-9-7-15(14-31)11-22(19)30)24(33)29-17-8-10-18(16-5-3-2-4-6-16)21(12-17)25(26,27)28/h2-13,31H,14H2,1H3,(H,29,33). The number of rotatable bonds is 4. The third kappa shape index (κ3) is 4.38. The average Bonchev–Trinajstić information content (AvgIpc) is 2.81. The Morgan fingerprint density at radius 3 is 2.42 bits per heavy atom. The summed E-state index contributed by atoms with van der Waals surface area (Å²) in [6.45, 7) is -0.202. The van der Waals surface area contributed by atoms with Crippen molar-refractivity contribution < 1.29 is 23.1 Å². The zero-order valence-corrected chi connectivity index (χ0v) is 17.5. The lowest BCUT2D eigenvalue weighted by molar-refractivity contribution is -0.137. The van der Waals surface area contributed by atoms with E-state index in [1.165, 1.54) is 24.4 Å². The molecule has 0 radical (unpaired) electrons. The summed E-state index contributed by atoms with van der Waals surface area (Å²) < 4.78 is 42.8. The van der Waals surface area contributed by atoms with Gasteiger partial charge in [-0.25, -0.2) is 0 Å². The summed E-state index contributed by atoms with van der Waals surface area (Å²) in [6.07, 6.45) is -3.32. The Hall–Kier alpha value is -3.91. The SMILES string of the molecule is Cn1cc(C(=O)Nc2ccc(-c3ccccc3)c(C(F)(F)F)c2)c(=O)c2ccc(CO)cc21. The van der Waals surface area contributed by atoms with E-state index in [9.17, 15) is 27.9 Å². The van der Waals surface area contributed by atoms with E-state index in [1.54, 1.807) is 54.1 Å². The maximum absolute atomic E-state index is 13.7. The van der Waals surface area contributed by atoms with E-state index in [4.69, 9.17) is 0 Å². The zero-order valence-electron chi connectivity index (χ0n) is 17.5. The molecule has 4 rings (SSSR count). The van der Waals surface area contributed by atoms with Crippen LogP contribution in [0.25, 0.3) is 22.0 Å². The molecule has 33 heavy (non-hydrogen) atoms. The molecule has 0 spiro atoms. The molecule has 1 aromatic heterocycles. The number of amides is 1. The Morgan fingerprint density at radius 1 is 1.03 bits per heavy atom. The van der Waals surface area contributed by atoms with E-state index in [0.29, 0.717) is 16.6 Å². The molecule has 3 aromatic carbocycles. The summed E-state index contributed by atoms with van der Waals surface area (Å²) in [4.78, 5) is 25.7. The number of nitrogens with zero attached hydrogens (tertiary/aromatic N) is 1. The molecule has 4 aromatic rings. The molecule has 0 aliphatic heterocycles. The van der Waals surface area contributed by atoms with Crippen LogP contribution < -0.4 is 10.7 Å². The Morgan fingerprint density at radius 2 is 1.76 bits per heavy atom. The van der Waals surface area contributed by atoms with Crippen molar-refractivity contribution in [3.05, 3.63) is 99.8 Å². The van der Waals surface area contributed by atoms with Crippen molar-refractivity contribution in [1.82, 2.24) is 4.57 Å². The molecule has 0 atom stereocenters. The molecule has 2 N–H and O–H groups in total. The molecule has 0 saturated heterocycles. The van der Waals surface area contributed by atoms with Gasteiger partial charge in [0.1, 0.15) is 5.56 Å². The first-order valence-corrected chi connectivity index (χ1v) is 10.00. The highest BCUT2D eigenvalue weighted by molar-refractivity contribution is 6.06. The van der Waals surface area contributed by atoms with Gasteiger partial charge in [0.15, 0.2) is 0 Å². The lowest BCUT2D eigenvalue weighted by Crippen LogP contribution is -2.23. The van der Waals surface area contributed by atoms with Crippen molar-refractivity contribution in [3.63, 3.8) is 0 Å². The Kier molecular flexibility index (Phi) is 5.78. The van der Waals surface area contributed by atoms with Crippen molar-refractivity contribution in [1.29, 1.82) is 0 Å². The van der Waals surface area contributed by atoms with Crippen LogP contribution in [0.15, 0.2) is 77.7 Å². The van der Waals surface area contributed by atoms with Gasteiger partial charge in [-0.3, -0.25) is 9.59 Å². The summed E-state index contributed by atoms with van der Waals surface area (Å²) in [7, 11) is 1.64. The molecule has 1 amide bonds. The van der Waals surface area contributed by atoms with Gasteiger partial charge < -0.3 is 15.0 Å². The smallest absolute Gasteiger partial charge is 0.392 e. The first kappa shape index (κ1) is 22.3. The highest BCUT2D eigenvalue weighted by Crippen LogP contribution is 2.38. The number of aliphatic hydroxyl groups excluding tert-OH is 1. The van der Waals surface area contributed by atoms with Gasteiger partial charge in [-0.05, 0) is 41.0 Å². The minimum absolute atomic E-state index is 0.0117. The van der Waals surface area contributed by atoms with E-state index >= 15 is 0 Å². The van der Waals surface area contributed by atoms with Crippen LogP contribution in [0.3, 0.4) is 0 Å². The van der Waals surface area contributed by atoms with Crippen molar-refractivity contribution in [2.24, 2.45) is 7.05 Å². The van der Waals surface area contributed by atoms with Crippen LogP contribution in [0.1, 0.15) is 21.5 Å². The normalized spacial score (nSPS) is 11.5. The monoisotopic (exact) mass is 452 g/mol. The van der Waals surface area contributed by atoms with Crippen molar-refractivity contribution in [3.8, 4) is 11.1 Å². The number of alkyl halides is 3. The number of aryl methyl sites for hydroxylation is 1. The third-order valence-corrected chi connectivity index (χ3v) is 5.35. The molecule has 0 aliphatic rings. The van der Waals surface area contributed by atoms with E-state index in [0.717, 1.165) is 6.07 Å². The molecule has 0 unspecified atom stereocenters. The molecular formula is C25H19F3N2O3. The quantitative estimate of drug-likeness (QED) is 0.459. The lowest BCUT2D eigenvalue weighted by Gasteiger charge is -2.16. The van der Waals surface area contributed by atoms with Crippen LogP contribution in [0.5, 0.6) is 0 Å². The van der Waals surface area contributed by atoms with Gasteiger partial charge in [0.05, 0.1) is 17.7 Å². The number of anilines is 1. The van der Waals surface area contributed by atoms with Gasteiger partial charge >= 0.3 is 6.18 Å². The Labute approximate surface area is 186 Å². The van der Waals surface area contributed by atoms with Crippen molar-refractivity contribution in [2.75, 3.05) is 5.32 Å². The van der Waals surface area contributed by atoms with E-state index in [2.05, 4.69) is 5.32 Å². The fourth-order valence-corrected chi connectivity index (χ4v) is 3.71. The van der Waals surface area contributed by atoms with Crippen LogP contribution in [0.4, 0.5) is 18.9 Å². The number of aliphatic hydroxyl groups is 1. The summed E-state index contributed by atoms with van der Waals surface area (Å²) in [6, 6.07) is 16.4. The molecule has 0 bridgehead atoms. The second-order valence-corrected chi connectivity index (χ2v) is 7.57. The summed E-state index contributed by atoms with van der Waals surface area (Å²) >= 11 is 0. The Balaban J connectivity index is 1.73. The predicted molar refractivity (Wildman–Crippen MR) is 120 cm³/mol. The second kappa shape index (κ2) is 8.55. The lowest BCUT2D eigenvalue weighted by atomic mass is 9.98. The summed E-state index contributed by atoms with van der Waals surface area (Å²) in [5.41, 5.74) is -0.220. The first-order chi connectivity index (χ1) is 15.7. The largest absolute Gasteiger partial charge is 0.417 e. The summed E-state index contributed by atoms with van der Waals surface area (Å²) in [5.74, 6) is -0.815. The highest BCUT2D eigenvalue weighted by Gasteiger charge is 2.34. The van der Waals surface area contributed by atoms with Crippen molar-refractivity contribution in [2.45, 2.75) is 12.8 Å². The fourth-order valence-electron chi connectivity index (χ4n) is 3.71. The van der Waals surface area contributed by atoms with Gasteiger partial charge in [-0.2, -0.15) is 13.2 Å². The van der Waals surface area contributed by atoms with Crippen LogP contribution in [-0.4, -0.2) is 15.6 Å². The van der Waals surface area contributed by atoms with Crippen LogP contribution in [0, 0.1) is 0 Å². The first-order valence-electron chi connectivity index (χ1n) is 10.00. The molecule has 5 nitrogen and oxygen atoms in total. The predicted octanol–water partition coefficient (Wildman–Crippen LogP) is 4.97. The topological polar surface area (TPSA) is 71.3 Å². The number of nitrogens with one attached hydrogen (secondary N) is 1. The number of hydrogen-bond donors (Lipinski definition) is 2. The molecule has 0 saturated carbocycles. The molecule has 0 fully saturated rings. The van der Waals surface area contributed by atoms with Crippen LogP contribution >= 0.6 is 0 Å². The number of pyridine rings is 1. The van der Waals surface area contributed by atoms with Gasteiger partial charge in [0, 0.05) is 24.3 Å². The average molecular weight is 452 g/mol. The molecule has 168 valence electrons.